The van der Waals surface area contributed by atoms with Crippen molar-refractivity contribution in [3.8, 4) is 0 Å². The molecule has 1 unspecified atom stereocenters. The Morgan fingerprint density at radius 1 is 0.900 bits per heavy atom. The van der Waals surface area contributed by atoms with E-state index in [1.165, 1.54) is 0 Å². The van der Waals surface area contributed by atoms with Gasteiger partial charge in [-0.25, -0.2) is 0 Å². The first-order valence-electron chi connectivity index (χ1n) is 7.80. The molecule has 0 bridgehead atoms. The highest BCUT2D eigenvalue weighted by Crippen LogP contribution is 2.35. The van der Waals surface area contributed by atoms with Crippen LogP contribution in [-0.2, 0) is 0 Å². The minimum Gasteiger partial charge on any atom is -0.387 e. The van der Waals surface area contributed by atoms with Crippen LogP contribution in [-0.4, -0.2) is 15.8 Å². The van der Waals surface area contributed by atoms with E-state index in [2.05, 4.69) is 27.7 Å². The van der Waals surface area contributed by atoms with Gasteiger partial charge in [-0.1, -0.05) is 58.0 Å². The van der Waals surface area contributed by atoms with Crippen molar-refractivity contribution in [1.82, 2.24) is 0 Å². The van der Waals surface area contributed by atoms with Crippen LogP contribution >= 0.6 is 0 Å². The number of aliphatic hydroxyl groups is 2. The number of hydrogen-bond donors (Lipinski definition) is 2. The standard InChI is InChI=1S/C18H30O2/c1-14(2)10-12-18(20,13-11-15(3)4)17(19)16-8-6-5-7-9-16/h5-9,14-15,17,19-20H,10-13H2,1-4H3. The molecule has 0 aliphatic rings. The summed E-state index contributed by atoms with van der Waals surface area (Å²) in [5, 5.41) is 21.6. The van der Waals surface area contributed by atoms with E-state index in [1.807, 2.05) is 30.3 Å². The smallest absolute Gasteiger partial charge is 0.108 e. The van der Waals surface area contributed by atoms with Gasteiger partial charge in [0.2, 0.25) is 0 Å². The van der Waals surface area contributed by atoms with Gasteiger partial charge in [0.15, 0.2) is 0 Å². The Morgan fingerprint density at radius 3 is 1.75 bits per heavy atom. The van der Waals surface area contributed by atoms with E-state index in [4.69, 9.17) is 0 Å². The lowest BCUT2D eigenvalue weighted by Gasteiger charge is -2.34. The first kappa shape index (κ1) is 17.2. The van der Waals surface area contributed by atoms with Gasteiger partial charge in [0.05, 0.1) is 5.60 Å². The largest absolute Gasteiger partial charge is 0.387 e. The second-order valence-electron chi connectivity index (χ2n) is 6.78. The molecular formula is C18H30O2. The van der Waals surface area contributed by atoms with Gasteiger partial charge in [0.25, 0.3) is 0 Å². The molecular weight excluding hydrogens is 248 g/mol. The molecule has 0 heterocycles. The quantitative estimate of drug-likeness (QED) is 0.743. The molecule has 114 valence electrons. The second kappa shape index (κ2) is 7.80. The molecule has 0 aliphatic carbocycles. The van der Waals surface area contributed by atoms with Gasteiger partial charge < -0.3 is 10.2 Å². The van der Waals surface area contributed by atoms with Gasteiger partial charge in [-0.05, 0) is 43.1 Å². The zero-order valence-electron chi connectivity index (χ0n) is 13.3. The molecule has 0 amide bonds. The third-order valence-corrected chi connectivity index (χ3v) is 3.93. The predicted molar refractivity (Wildman–Crippen MR) is 84.5 cm³/mol. The van der Waals surface area contributed by atoms with Gasteiger partial charge in [0, 0.05) is 0 Å². The number of hydrogen-bond acceptors (Lipinski definition) is 2. The van der Waals surface area contributed by atoms with Crippen LogP contribution in [0.1, 0.15) is 65.0 Å². The summed E-state index contributed by atoms with van der Waals surface area (Å²) in [7, 11) is 0. The van der Waals surface area contributed by atoms with Crippen molar-refractivity contribution in [2.24, 2.45) is 11.8 Å². The van der Waals surface area contributed by atoms with Crippen molar-refractivity contribution in [3.63, 3.8) is 0 Å². The molecule has 0 radical (unpaired) electrons. The lowest BCUT2D eigenvalue weighted by atomic mass is 9.80. The summed E-state index contributed by atoms with van der Waals surface area (Å²) < 4.78 is 0. The average Bonchev–Trinajstić information content (AvgIpc) is 2.43. The highest BCUT2D eigenvalue weighted by molar-refractivity contribution is 5.20. The summed E-state index contributed by atoms with van der Waals surface area (Å²) >= 11 is 0. The van der Waals surface area contributed by atoms with Gasteiger partial charge in [0.1, 0.15) is 6.10 Å². The topological polar surface area (TPSA) is 40.5 Å². The van der Waals surface area contributed by atoms with E-state index in [-0.39, 0.29) is 0 Å². The van der Waals surface area contributed by atoms with Gasteiger partial charge in [-0.2, -0.15) is 0 Å². The number of benzene rings is 1. The fraction of sp³-hybridized carbons (Fsp3) is 0.667. The molecule has 0 spiro atoms. The first-order valence-corrected chi connectivity index (χ1v) is 7.80. The maximum Gasteiger partial charge on any atom is 0.108 e. The van der Waals surface area contributed by atoms with Gasteiger partial charge >= 0.3 is 0 Å². The SMILES string of the molecule is CC(C)CCC(O)(CCC(C)C)C(O)c1ccccc1. The molecule has 2 N–H and O–H groups in total. The zero-order chi connectivity index (χ0) is 15.2. The summed E-state index contributed by atoms with van der Waals surface area (Å²) in [6.45, 7) is 8.60. The Labute approximate surface area is 123 Å². The zero-order valence-corrected chi connectivity index (χ0v) is 13.3. The molecule has 2 heteroatoms. The number of aliphatic hydroxyl groups excluding tert-OH is 1. The maximum absolute atomic E-state index is 11.0. The van der Waals surface area contributed by atoms with E-state index in [0.29, 0.717) is 24.7 Å². The molecule has 0 saturated heterocycles. The minimum atomic E-state index is -1.02. The van der Waals surface area contributed by atoms with Crippen LogP contribution in [0.4, 0.5) is 0 Å². The molecule has 0 saturated carbocycles. The summed E-state index contributed by atoms with van der Waals surface area (Å²) in [6, 6.07) is 9.52. The Balaban J connectivity index is 2.84. The Kier molecular flexibility index (Phi) is 6.70. The van der Waals surface area contributed by atoms with E-state index >= 15 is 0 Å². The van der Waals surface area contributed by atoms with Crippen molar-refractivity contribution in [2.75, 3.05) is 0 Å². The summed E-state index contributed by atoms with van der Waals surface area (Å²) in [6.07, 6.45) is 2.35. The summed E-state index contributed by atoms with van der Waals surface area (Å²) in [4.78, 5) is 0. The Bertz CT molecular complexity index is 358. The van der Waals surface area contributed by atoms with Crippen LogP contribution in [0.5, 0.6) is 0 Å². The highest BCUT2D eigenvalue weighted by Gasteiger charge is 2.36. The Morgan fingerprint density at radius 2 is 1.35 bits per heavy atom. The van der Waals surface area contributed by atoms with Crippen LogP contribution in [0.2, 0.25) is 0 Å². The predicted octanol–water partition coefficient (Wildman–Crippen LogP) is 4.32. The summed E-state index contributed by atoms with van der Waals surface area (Å²) in [5.74, 6) is 1.06. The fourth-order valence-electron chi connectivity index (χ4n) is 2.42. The first-order chi connectivity index (χ1) is 9.35. The van der Waals surface area contributed by atoms with E-state index in [1.54, 1.807) is 0 Å². The minimum absolute atomic E-state index is 0.531. The molecule has 1 aromatic rings. The van der Waals surface area contributed by atoms with E-state index in [9.17, 15) is 10.2 Å². The Hall–Kier alpha value is -0.860. The van der Waals surface area contributed by atoms with Crippen molar-refractivity contribution >= 4 is 0 Å². The molecule has 20 heavy (non-hydrogen) atoms. The molecule has 0 fully saturated rings. The van der Waals surface area contributed by atoms with Crippen LogP contribution in [0.3, 0.4) is 0 Å². The second-order valence-corrected chi connectivity index (χ2v) is 6.78. The molecule has 0 aromatic heterocycles. The monoisotopic (exact) mass is 278 g/mol. The molecule has 0 aliphatic heterocycles. The van der Waals surface area contributed by atoms with Gasteiger partial charge in [-0.3, -0.25) is 0 Å². The van der Waals surface area contributed by atoms with E-state index < -0.39 is 11.7 Å². The van der Waals surface area contributed by atoms with E-state index in [0.717, 1.165) is 18.4 Å². The molecule has 2 nitrogen and oxygen atoms in total. The summed E-state index contributed by atoms with van der Waals surface area (Å²) in [5.41, 5.74) is -0.210. The maximum atomic E-state index is 11.0. The fourth-order valence-corrected chi connectivity index (χ4v) is 2.42. The van der Waals surface area contributed by atoms with Crippen molar-refractivity contribution in [2.45, 2.75) is 65.1 Å². The van der Waals surface area contributed by atoms with Crippen LogP contribution < -0.4 is 0 Å². The molecule has 1 rings (SSSR count). The van der Waals surface area contributed by atoms with Crippen molar-refractivity contribution in [1.29, 1.82) is 0 Å². The van der Waals surface area contributed by atoms with Crippen molar-refractivity contribution < 1.29 is 10.2 Å². The van der Waals surface area contributed by atoms with Crippen LogP contribution in [0.15, 0.2) is 30.3 Å². The third-order valence-electron chi connectivity index (χ3n) is 3.93. The normalized spacial score (nSPS) is 14.0. The van der Waals surface area contributed by atoms with Gasteiger partial charge in [-0.15, -0.1) is 0 Å². The highest BCUT2D eigenvalue weighted by atomic mass is 16.3. The lowest BCUT2D eigenvalue weighted by molar-refractivity contribution is -0.0932. The average molecular weight is 278 g/mol. The van der Waals surface area contributed by atoms with Crippen LogP contribution in [0, 0.1) is 11.8 Å². The molecule has 1 atom stereocenters. The van der Waals surface area contributed by atoms with Crippen LogP contribution in [0.25, 0.3) is 0 Å². The van der Waals surface area contributed by atoms with Crippen molar-refractivity contribution in [3.05, 3.63) is 35.9 Å². The molecule has 1 aromatic carbocycles. The lowest BCUT2D eigenvalue weighted by Crippen LogP contribution is -2.37. The third kappa shape index (κ3) is 5.26. The number of rotatable bonds is 8.